The van der Waals surface area contributed by atoms with Crippen molar-refractivity contribution in [1.82, 2.24) is 30.2 Å². The standard InChI is InChI=1S/C48H62F2N10O6/c1-29(61)58-22-15-38(37(28-58)45(52)59-17-4-6-30-24-35(31(26-51)27-53-2)36(44(49)50)25-40(30)59)54-32-11-20-57(21-12-32)33-13-18-56(19-14-33)16-5-23-66-41-8-3-7-34-43(41)48(65)60(47(34)64)39-9-10-42(62)55-46(39)63/h3,7-8,24-27,32-33,39,44,48,52,54,65H,4-6,9-23,28,51H2,1-2H3,(H,55,62,63). The number of nitrogens with one attached hydrogen (secondary N) is 3. The topological polar surface area (TPSA) is 200 Å². The lowest BCUT2D eigenvalue weighted by Gasteiger charge is -2.43. The maximum Gasteiger partial charge on any atom is 0.264 e. The van der Waals surface area contributed by atoms with Crippen LogP contribution in [0.25, 0.3) is 5.57 Å². The summed E-state index contributed by atoms with van der Waals surface area (Å²) in [5, 5.41) is 26.8. The first-order chi connectivity index (χ1) is 31.9. The number of carbonyl (C=O) groups excluding carboxylic acids is 4. The van der Waals surface area contributed by atoms with Gasteiger partial charge in [0.1, 0.15) is 17.6 Å². The van der Waals surface area contributed by atoms with E-state index in [1.807, 2.05) is 4.90 Å². The summed E-state index contributed by atoms with van der Waals surface area (Å²) in [7, 11) is 1.57. The number of halogens is 2. The Morgan fingerprint density at radius 3 is 2.52 bits per heavy atom. The van der Waals surface area contributed by atoms with Crippen molar-refractivity contribution < 1.29 is 37.8 Å². The molecule has 6 heterocycles. The Balaban J connectivity index is 0.833. The molecule has 18 heteroatoms. The molecule has 3 saturated heterocycles. The second kappa shape index (κ2) is 20.4. The van der Waals surface area contributed by atoms with Crippen LogP contribution >= 0.6 is 0 Å². The Kier molecular flexibility index (Phi) is 14.5. The van der Waals surface area contributed by atoms with Gasteiger partial charge in [-0.2, -0.15) is 0 Å². The Labute approximate surface area is 384 Å². The second-order valence-electron chi connectivity index (χ2n) is 18.1. The van der Waals surface area contributed by atoms with Gasteiger partial charge < -0.3 is 40.5 Å². The third-order valence-corrected chi connectivity index (χ3v) is 14.2. The van der Waals surface area contributed by atoms with Crippen LogP contribution in [0.4, 0.5) is 14.5 Å². The lowest BCUT2D eigenvalue weighted by atomic mass is 9.91. The highest BCUT2D eigenvalue weighted by Crippen LogP contribution is 2.41. The number of imide groups is 1. The largest absolute Gasteiger partial charge is 0.493 e. The van der Waals surface area contributed by atoms with Gasteiger partial charge >= 0.3 is 0 Å². The molecular formula is C48H62F2N10O6. The van der Waals surface area contributed by atoms with E-state index in [-0.39, 0.29) is 42.7 Å². The molecule has 0 bridgehead atoms. The molecule has 16 nitrogen and oxygen atoms in total. The summed E-state index contributed by atoms with van der Waals surface area (Å²) < 4.78 is 35.3. The van der Waals surface area contributed by atoms with Crippen molar-refractivity contribution in [1.29, 1.82) is 5.41 Å². The zero-order valence-corrected chi connectivity index (χ0v) is 37.9. The van der Waals surface area contributed by atoms with Gasteiger partial charge in [-0.1, -0.05) is 6.07 Å². The molecule has 0 spiro atoms. The fourth-order valence-electron chi connectivity index (χ4n) is 10.6. The molecule has 8 rings (SSSR count). The van der Waals surface area contributed by atoms with Gasteiger partial charge in [0.15, 0.2) is 6.23 Å². The van der Waals surface area contributed by atoms with E-state index in [9.17, 15) is 38.5 Å². The number of likely N-dealkylation sites (tertiary alicyclic amines) is 2. The molecule has 2 aromatic rings. The number of benzene rings is 2. The van der Waals surface area contributed by atoms with Crippen molar-refractivity contribution in [3.63, 3.8) is 0 Å². The quantitative estimate of drug-likeness (QED) is 0.0840. The number of piperidine rings is 3. The third-order valence-electron chi connectivity index (χ3n) is 14.2. The molecular weight excluding hydrogens is 851 g/mol. The molecule has 6 aliphatic heterocycles. The Bertz CT molecular complexity index is 2300. The predicted molar refractivity (Wildman–Crippen MR) is 246 cm³/mol. The van der Waals surface area contributed by atoms with Crippen LogP contribution in [0.2, 0.25) is 0 Å². The van der Waals surface area contributed by atoms with Crippen LogP contribution in [-0.2, 0) is 20.8 Å². The number of anilines is 1. The molecule has 6 N–H and O–H groups in total. The highest BCUT2D eigenvalue weighted by atomic mass is 19.3. The van der Waals surface area contributed by atoms with Crippen molar-refractivity contribution in [2.24, 2.45) is 10.7 Å². The number of alkyl halides is 2. The zero-order valence-electron chi connectivity index (χ0n) is 37.9. The number of rotatable bonds is 13. The minimum absolute atomic E-state index is 0.0643. The fourth-order valence-corrected chi connectivity index (χ4v) is 10.6. The number of fused-ring (bicyclic) bond motifs is 2. The number of nitrogens with two attached hydrogens (primary N) is 1. The van der Waals surface area contributed by atoms with Gasteiger partial charge in [-0.25, -0.2) is 8.78 Å². The highest BCUT2D eigenvalue weighted by Gasteiger charge is 2.46. The van der Waals surface area contributed by atoms with Gasteiger partial charge in [0.25, 0.3) is 12.3 Å². The first kappa shape index (κ1) is 46.8. The number of hydrogen-bond donors (Lipinski definition) is 5. The molecule has 66 heavy (non-hydrogen) atoms. The Hall–Kier alpha value is -5.72. The van der Waals surface area contributed by atoms with Gasteiger partial charge in [-0.3, -0.25) is 39.8 Å². The summed E-state index contributed by atoms with van der Waals surface area (Å²) in [5.41, 5.74) is 10.2. The average molecular weight is 913 g/mol. The fraction of sp³-hybridized carbons (Fsp3) is 0.542. The number of aliphatic hydroxyl groups is 1. The Morgan fingerprint density at radius 2 is 1.82 bits per heavy atom. The summed E-state index contributed by atoms with van der Waals surface area (Å²) in [5.74, 6) is -0.853. The van der Waals surface area contributed by atoms with Crippen molar-refractivity contribution in [3.05, 3.63) is 75.6 Å². The van der Waals surface area contributed by atoms with Gasteiger partial charge in [0.2, 0.25) is 17.7 Å². The first-order valence-corrected chi connectivity index (χ1v) is 23.3. The van der Waals surface area contributed by atoms with Crippen LogP contribution < -0.4 is 26.0 Å². The number of nitrogens with zero attached hydrogens (tertiary/aromatic N) is 6. The second-order valence-corrected chi connectivity index (χ2v) is 18.1. The SMILES string of the molecule is CN=CC(=CN)c1cc2c(cc1C(F)F)N(C(=N)C1=C(NC3CCN(C4CCN(CCCOc5cccc6c5C(O)N(C5CCC(=O)NC5=O)C6=O)CC4)CC3)CCN(C(C)=O)C1)CCC2. The van der Waals surface area contributed by atoms with E-state index in [2.05, 4.69) is 25.4 Å². The molecule has 0 aliphatic carbocycles. The lowest BCUT2D eigenvalue weighted by molar-refractivity contribution is -0.139. The maximum absolute atomic E-state index is 14.6. The molecule has 0 aromatic heterocycles. The summed E-state index contributed by atoms with van der Waals surface area (Å²) in [6, 6.07) is 8.08. The number of aliphatic hydroxyl groups excluding tert-OH is 1. The number of carbonyl (C=O) groups is 4. The summed E-state index contributed by atoms with van der Waals surface area (Å²) in [6.45, 7) is 7.97. The van der Waals surface area contributed by atoms with E-state index in [0.717, 1.165) is 93.0 Å². The number of aryl methyl sites for hydroxylation is 1. The maximum atomic E-state index is 14.6. The van der Waals surface area contributed by atoms with E-state index >= 15 is 0 Å². The molecule has 6 aliphatic rings. The monoisotopic (exact) mass is 912 g/mol. The summed E-state index contributed by atoms with van der Waals surface area (Å²) >= 11 is 0. The number of aliphatic imine (C=N–C) groups is 1. The van der Waals surface area contributed by atoms with Crippen molar-refractivity contribution in [3.8, 4) is 5.75 Å². The minimum Gasteiger partial charge on any atom is -0.493 e. The Morgan fingerprint density at radius 1 is 1.05 bits per heavy atom. The lowest BCUT2D eigenvalue weighted by Crippen LogP contribution is -2.53. The van der Waals surface area contributed by atoms with Crippen LogP contribution in [0, 0.1) is 5.41 Å². The number of ether oxygens (including phenoxy) is 1. The van der Waals surface area contributed by atoms with Crippen LogP contribution in [0.15, 0.2) is 52.8 Å². The molecule has 0 radical (unpaired) electrons. The van der Waals surface area contributed by atoms with Crippen molar-refractivity contribution in [2.75, 3.05) is 70.9 Å². The molecule has 2 aromatic carbocycles. The molecule has 0 saturated carbocycles. The van der Waals surface area contributed by atoms with Gasteiger partial charge in [-0.15, -0.1) is 0 Å². The normalized spacial score (nSPS) is 22.9. The first-order valence-electron chi connectivity index (χ1n) is 23.3. The minimum atomic E-state index is -2.76. The van der Waals surface area contributed by atoms with Crippen molar-refractivity contribution >= 4 is 46.9 Å². The van der Waals surface area contributed by atoms with Gasteiger partial charge in [0.05, 0.1) is 24.3 Å². The predicted octanol–water partition coefficient (Wildman–Crippen LogP) is 4.10. The molecule has 2 atom stereocenters. The smallest absolute Gasteiger partial charge is 0.264 e. The van der Waals surface area contributed by atoms with Crippen LogP contribution in [-0.4, -0.2) is 145 Å². The molecule has 354 valence electrons. The molecule has 3 fully saturated rings. The summed E-state index contributed by atoms with van der Waals surface area (Å²) in [4.78, 5) is 63.9. The third kappa shape index (κ3) is 9.72. The summed E-state index contributed by atoms with van der Waals surface area (Å²) in [6.07, 6.45) is 5.69. The average Bonchev–Trinajstić information content (AvgIpc) is 3.57. The van der Waals surface area contributed by atoms with Crippen LogP contribution in [0.1, 0.15) is 110 Å². The van der Waals surface area contributed by atoms with Gasteiger partial charge in [0, 0.05) is 112 Å². The number of amidine groups is 1. The van der Waals surface area contributed by atoms with Crippen molar-refractivity contribution in [2.45, 2.75) is 102 Å². The zero-order chi connectivity index (χ0) is 46.6. The van der Waals surface area contributed by atoms with Crippen LogP contribution in [0.5, 0.6) is 5.75 Å². The van der Waals surface area contributed by atoms with E-state index in [1.165, 1.54) is 18.5 Å². The molecule has 4 amide bonds. The molecule has 2 unspecified atom stereocenters. The number of allylic oxidation sites excluding steroid dienone is 1. The van der Waals surface area contributed by atoms with E-state index in [1.54, 1.807) is 43.1 Å². The van der Waals surface area contributed by atoms with E-state index in [0.29, 0.717) is 72.3 Å². The van der Waals surface area contributed by atoms with Crippen LogP contribution in [0.3, 0.4) is 0 Å². The highest BCUT2D eigenvalue weighted by molar-refractivity contribution is 6.12. The van der Waals surface area contributed by atoms with E-state index in [4.69, 9.17) is 10.5 Å². The number of amides is 4. The van der Waals surface area contributed by atoms with Gasteiger partial charge in [-0.05, 0) is 99.8 Å². The number of hydrogen-bond acceptors (Lipinski definition) is 12. The van der Waals surface area contributed by atoms with E-state index < -0.39 is 36.4 Å².